The van der Waals surface area contributed by atoms with Crippen LogP contribution in [0, 0.1) is 10.1 Å². The zero-order chi connectivity index (χ0) is 15.4. The van der Waals surface area contributed by atoms with Crippen LogP contribution in [0.5, 0.6) is 0 Å². The number of nitrogens with two attached hydrogens (primary N) is 1. The number of hydrogen-bond donors (Lipinski definition) is 2. The smallest absolute Gasteiger partial charge is 0.288 e. The monoisotopic (exact) mass is 307 g/mol. The number of thiazole rings is 1. The van der Waals surface area contributed by atoms with Gasteiger partial charge in [0, 0.05) is 17.6 Å². The fourth-order valence-corrected chi connectivity index (χ4v) is 2.50. The maximum atomic E-state index is 12.2. The Bertz CT molecular complexity index is 659. The van der Waals surface area contributed by atoms with Gasteiger partial charge in [-0.15, -0.1) is 11.3 Å². The summed E-state index contributed by atoms with van der Waals surface area (Å²) in [6.07, 6.45) is 3.31. The fourth-order valence-electron chi connectivity index (χ4n) is 1.73. The molecule has 21 heavy (non-hydrogen) atoms. The van der Waals surface area contributed by atoms with Crippen molar-refractivity contribution >= 4 is 28.7 Å². The summed E-state index contributed by atoms with van der Waals surface area (Å²) in [5, 5.41) is 16.1. The van der Waals surface area contributed by atoms with Gasteiger partial charge in [0.15, 0.2) is 0 Å². The van der Waals surface area contributed by atoms with Crippen LogP contribution >= 0.6 is 11.3 Å². The number of aromatic nitrogens is 2. The van der Waals surface area contributed by atoms with Crippen molar-refractivity contribution in [2.75, 3.05) is 5.73 Å². The van der Waals surface area contributed by atoms with E-state index in [1.54, 1.807) is 6.20 Å². The first-order valence-corrected chi connectivity index (χ1v) is 7.01. The maximum absolute atomic E-state index is 12.2. The first-order chi connectivity index (χ1) is 10.0. The van der Waals surface area contributed by atoms with Gasteiger partial charge >= 0.3 is 0 Å². The number of nitrogen functional groups attached to an aromatic ring is 1. The van der Waals surface area contributed by atoms with E-state index in [0.29, 0.717) is 6.42 Å². The molecule has 2 rings (SSSR count). The summed E-state index contributed by atoms with van der Waals surface area (Å²) in [4.78, 5) is 30.2. The number of amides is 1. The van der Waals surface area contributed by atoms with Crippen LogP contribution in [0.2, 0.25) is 0 Å². The summed E-state index contributed by atoms with van der Waals surface area (Å²) in [7, 11) is 0. The zero-order valence-corrected chi connectivity index (χ0v) is 12.0. The molecule has 110 valence electrons. The number of anilines is 1. The molecule has 1 atom stereocenters. The van der Waals surface area contributed by atoms with E-state index in [9.17, 15) is 14.9 Å². The van der Waals surface area contributed by atoms with Crippen LogP contribution in [0.15, 0.2) is 23.8 Å². The highest BCUT2D eigenvalue weighted by Gasteiger charge is 2.20. The molecule has 1 amide bonds. The number of nitro groups is 1. The fraction of sp³-hybridized carbons (Fsp3) is 0.250. The van der Waals surface area contributed by atoms with Crippen LogP contribution in [0.25, 0.3) is 0 Å². The molecule has 0 saturated carbocycles. The van der Waals surface area contributed by atoms with Crippen molar-refractivity contribution in [1.29, 1.82) is 0 Å². The molecular formula is C12H13N5O3S. The average Bonchev–Trinajstić information content (AvgIpc) is 2.98. The summed E-state index contributed by atoms with van der Waals surface area (Å²) in [6.45, 7) is 1.90. The Morgan fingerprint density at radius 3 is 2.90 bits per heavy atom. The Morgan fingerprint density at radius 1 is 1.57 bits per heavy atom. The summed E-state index contributed by atoms with van der Waals surface area (Å²) >= 11 is 1.42. The number of nitrogens with one attached hydrogen (secondary N) is 1. The van der Waals surface area contributed by atoms with Crippen LogP contribution in [0.1, 0.15) is 34.8 Å². The Morgan fingerprint density at radius 2 is 2.33 bits per heavy atom. The largest absolute Gasteiger partial charge is 0.383 e. The van der Waals surface area contributed by atoms with E-state index in [4.69, 9.17) is 5.73 Å². The van der Waals surface area contributed by atoms with Crippen molar-refractivity contribution in [3.8, 4) is 0 Å². The lowest BCUT2D eigenvalue weighted by molar-refractivity contribution is -0.385. The first kappa shape index (κ1) is 14.9. The molecule has 0 aliphatic carbocycles. The van der Waals surface area contributed by atoms with Crippen LogP contribution in [-0.4, -0.2) is 20.8 Å². The van der Waals surface area contributed by atoms with Gasteiger partial charge in [0.05, 0.1) is 16.5 Å². The van der Waals surface area contributed by atoms with Gasteiger partial charge in [-0.1, -0.05) is 6.92 Å². The summed E-state index contributed by atoms with van der Waals surface area (Å²) in [6, 6.07) is 0.850. The molecule has 0 fully saturated rings. The zero-order valence-electron chi connectivity index (χ0n) is 11.1. The second-order valence-electron chi connectivity index (χ2n) is 4.19. The summed E-state index contributed by atoms with van der Waals surface area (Å²) < 4.78 is 0. The van der Waals surface area contributed by atoms with E-state index in [1.807, 2.05) is 12.3 Å². The first-order valence-electron chi connectivity index (χ1n) is 6.13. The van der Waals surface area contributed by atoms with Gasteiger partial charge in [0.2, 0.25) is 0 Å². The Hall–Kier alpha value is -2.55. The minimum atomic E-state index is -0.624. The molecule has 1 unspecified atom stereocenters. The molecule has 0 aliphatic rings. The van der Waals surface area contributed by atoms with Gasteiger partial charge in [-0.3, -0.25) is 14.9 Å². The number of carbonyl (C=O) groups excluding carboxylic acids is 1. The van der Waals surface area contributed by atoms with Crippen molar-refractivity contribution in [1.82, 2.24) is 15.3 Å². The molecule has 3 N–H and O–H groups in total. The van der Waals surface area contributed by atoms with Crippen LogP contribution in [0.3, 0.4) is 0 Å². The molecule has 0 bridgehead atoms. The topological polar surface area (TPSA) is 124 Å². The van der Waals surface area contributed by atoms with Gasteiger partial charge in [-0.2, -0.15) is 0 Å². The molecule has 2 aromatic heterocycles. The predicted octanol–water partition coefficient (Wildman–Crippen LogP) is 1.91. The standard InChI is InChI=1S/C12H13N5O3S/c1-2-9(12-14-3-4-21-12)16-11(18)8-5-7(17(19)20)6-15-10(8)13/h3-6,9H,2H2,1H3,(H2,13,15)(H,16,18). The van der Waals surface area contributed by atoms with Crippen molar-refractivity contribution in [2.45, 2.75) is 19.4 Å². The molecule has 0 spiro atoms. The molecule has 2 heterocycles. The second kappa shape index (κ2) is 6.27. The van der Waals surface area contributed by atoms with Crippen molar-refractivity contribution < 1.29 is 9.72 Å². The minimum absolute atomic E-state index is 0.0146. The SMILES string of the molecule is CCC(NC(=O)c1cc([N+](=O)[O-])cnc1N)c1nccs1. The van der Waals surface area contributed by atoms with Gasteiger partial charge < -0.3 is 11.1 Å². The second-order valence-corrected chi connectivity index (χ2v) is 5.11. The van der Waals surface area contributed by atoms with E-state index in [1.165, 1.54) is 11.3 Å². The molecule has 0 aromatic carbocycles. The Balaban J connectivity index is 2.23. The lowest BCUT2D eigenvalue weighted by Gasteiger charge is -2.14. The number of pyridine rings is 1. The molecule has 8 nitrogen and oxygen atoms in total. The lowest BCUT2D eigenvalue weighted by Crippen LogP contribution is -2.29. The third-order valence-electron chi connectivity index (χ3n) is 2.82. The van der Waals surface area contributed by atoms with Gasteiger partial charge in [-0.25, -0.2) is 9.97 Å². The third kappa shape index (κ3) is 3.31. The molecule has 0 aliphatic heterocycles. The van der Waals surface area contributed by atoms with Crippen LogP contribution in [0.4, 0.5) is 11.5 Å². The highest BCUT2D eigenvalue weighted by molar-refractivity contribution is 7.09. The predicted molar refractivity (Wildman–Crippen MR) is 77.9 cm³/mol. The normalized spacial score (nSPS) is 11.9. The minimum Gasteiger partial charge on any atom is -0.383 e. The number of nitrogens with zero attached hydrogens (tertiary/aromatic N) is 3. The third-order valence-corrected chi connectivity index (χ3v) is 3.71. The number of rotatable bonds is 5. The van der Waals surface area contributed by atoms with Crippen molar-refractivity contribution in [2.24, 2.45) is 0 Å². The van der Waals surface area contributed by atoms with Crippen LogP contribution in [-0.2, 0) is 0 Å². The average molecular weight is 307 g/mol. The highest BCUT2D eigenvalue weighted by Crippen LogP contribution is 2.21. The van der Waals surface area contributed by atoms with E-state index in [2.05, 4.69) is 15.3 Å². The molecule has 0 saturated heterocycles. The molecule has 0 radical (unpaired) electrons. The van der Waals surface area contributed by atoms with Gasteiger partial charge in [0.25, 0.3) is 11.6 Å². The van der Waals surface area contributed by atoms with E-state index < -0.39 is 10.8 Å². The lowest BCUT2D eigenvalue weighted by atomic mass is 10.2. The number of carbonyl (C=O) groups is 1. The Labute approximate surface area is 124 Å². The van der Waals surface area contributed by atoms with Gasteiger partial charge in [0.1, 0.15) is 17.0 Å². The summed E-state index contributed by atoms with van der Waals surface area (Å²) in [5.74, 6) is -0.558. The molecule has 2 aromatic rings. The quantitative estimate of drug-likeness (QED) is 0.642. The molecule has 9 heteroatoms. The number of hydrogen-bond acceptors (Lipinski definition) is 7. The highest BCUT2D eigenvalue weighted by atomic mass is 32.1. The Kier molecular flexibility index (Phi) is 4.43. The van der Waals surface area contributed by atoms with E-state index in [0.717, 1.165) is 17.3 Å². The maximum Gasteiger partial charge on any atom is 0.288 e. The van der Waals surface area contributed by atoms with E-state index >= 15 is 0 Å². The van der Waals surface area contributed by atoms with Crippen LogP contribution < -0.4 is 11.1 Å². The van der Waals surface area contributed by atoms with E-state index in [-0.39, 0.29) is 23.1 Å². The van der Waals surface area contributed by atoms with Crippen molar-refractivity contribution in [3.63, 3.8) is 0 Å². The molecular weight excluding hydrogens is 294 g/mol. The summed E-state index contributed by atoms with van der Waals surface area (Å²) in [5.41, 5.74) is 5.32. The van der Waals surface area contributed by atoms with Gasteiger partial charge in [-0.05, 0) is 6.42 Å². The van der Waals surface area contributed by atoms with Crippen molar-refractivity contribution in [3.05, 3.63) is 44.5 Å².